The van der Waals surface area contributed by atoms with E-state index in [0.717, 1.165) is 6.34 Å². The Morgan fingerprint density at radius 1 is 1.70 bits per heavy atom. The van der Waals surface area contributed by atoms with Crippen LogP contribution in [0.4, 0.5) is 0 Å². The first-order valence-electron chi connectivity index (χ1n) is 2.32. The minimum atomic E-state index is -0.178. The molecule has 0 bridgehead atoms. The van der Waals surface area contributed by atoms with Gasteiger partial charge in [-0.2, -0.15) is 17.6 Å². The van der Waals surface area contributed by atoms with Gasteiger partial charge < -0.3 is 0 Å². The molecule has 0 unspecified atom stereocenters. The molecule has 0 saturated heterocycles. The summed E-state index contributed by atoms with van der Waals surface area (Å²) >= 11 is 3.73. The highest BCUT2D eigenvalue weighted by molar-refractivity contribution is 7.80. The average Bonchev–Trinajstić information content (AvgIpc) is 1.98. The normalized spacial score (nSPS) is 11.9. The Bertz CT molecular complexity index is 176. The van der Waals surface area contributed by atoms with Crippen LogP contribution in [0.1, 0.15) is 0 Å². The fourth-order valence-corrected chi connectivity index (χ4v) is 0.375. The molecule has 0 N–H and O–H groups in total. The summed E-state index contributed by atoms with van der Waals surface area (Å²) in [5.74, 6) is -0.00219. The van der Waals surface area contributed by atoms with Crippen molar-refractivity contribution in [3.8, 4) is 0 Å². The van der Waals surface area contributed by atoms with Crippen LogP contribution >= 0.6 is 12.6 Å². The van der Waals surface area contributed by atoms with Crippen molar-refractivity contribution in [2.75, 3.05) is 5.88 Å². The zero-order valence-corrected chi connectivity index (χ0v) is 6.03. The minimum absolute atomic E-state index is 0.176. The lowest BCUT2D eigenvalue weighted by Crippen LogP contribution is -1.87. The van der Waals surface area contributed by atoms with E-state index in [0.29, 0.717) is 0 Å². The molecule has 0 radical (unpaired) electrons. The molecule has 0 heterocycles. The molecule has 0 amide bonds. The molecule has 0 aromatic carbocycles. The zero-order chi connectivity index (χ0) is 7.82. The summed E-state index contributed by atoms with van der Waals surface area (Å²) in [6, 6.07) is 0. The van der Waals surface area contributed by atoms with Gasteiger partial charge in [0.05, 0.1) is 5.88 Å². The fourth-order valence-electron chi connectivity index (χ4n) is 0.249. The molecule has 0 aromatic rings. The van der Waals surface area contributed by atoms with Crippen LogP contribution in [0, 0.1) is 4.91 Å². The van der Waals surface area contributed by atoms with Crippen LogP contribution in [0.25, 0.3) is 0 Å². The highest BCUT2D eigenvalue weighted by Gasteiger charge is 1.88. The average molecular weight is 158 g/mol. The monoisotopic (exact) mass is 158 g/mol. The van der Waals surface area contributed by atoms with Crippen LogP contribution in [-0.2, 0) is 0 Å². The van der Waals surface area contributed by atoms with Crippen molar-refractivity contribution in [3.05, 3.63) is 4.91 Å². The Morgan fingerprint density at radius 2 is 2.40 bits per heavy atom. The summed E-state index contributed by atoms with van der Waals surface area (Å²) in [6.45, 7) is 3.11. The predicted molar refractivity (Wildman–Crippen MR) is 45.1 cm³/mol. The first-order chi connectivity index (χ1) is 4.85. The van der Waals surface area contributed by atoms with Crippen LogP contribution in [0.15, 0.2) is 20.2 Å². The van der Waals surface area contributed by atoms with Crippen molar-refractivity contribution in [2.45, 2.75) is 0 Å². The van der Waals surface area contributed by atoms with Gasteiger partial charge in [0.1, 0.15) is 6.34 Å². The first kappa shape index (κ1) is 8.96. The lowest BCUT2D eigenvalue weighted by Gasteiger charge is -1.82. The molecule has 0 aliphatic rings. The molecule has 0 fully saturated rings. The number of rotatable bonds is 2. The maximum atomic E-state index is 9.81. The third kappa shape index (κ3) is 3.90. The molecule has 0 aromatic heterocycles. The lowest BCUT2D eigenvalue weighted by atomic mass is 11.0. The lowest BCUT2D eigenvalue weighted by molar-refractivity contribution is 1.31. The Labute approximate surface area is 63.4 Å². The van der Waals surface area contributed by atoms with E-state index in [2.05, 4.69) is 39.5 Å². The molecule has 54 valence electrons. The molecular weight excluding hydrogens is 152 g/mol. The molecule has 0 rings (SSSR count). The van der Waals surface area contributed by atoms with Gasteiger partial charge in [0.15, 0.2) is 0 Å². The molecule has 0 aliphatic heterocycles. The van der Waals surface area contributed by atoms with Crippen LogP contribution < -0.4 is 0 Å². The summed E-state index contributed by atoms with van der Waals surface area (Å²) in [7, 11) is 0. The second kappa shape index (κ2) is 6.09. The van der Waals surface area contributed by atoms with Crippen molar-refractivity contribution < 1.29 is 0 Å². The maximum Gasteiger partial charge on any atom is 0.288 e. The molecule has 6 heteroatoms. The van der Waals surface area contributed by atoms with E-state index in [1.54, 1.807) is 0 Å². The Balaban J connectivity index is 4.07. The van der Waals surface area contributed by atoms with Crippen molar-refractivity contribution in [3.63, 3.8) is 0 Å². The van der Waals surface area contributed by atoms with Crippen molar-refractivity contribution in [2.24, 2.45) is 20.2 Å². The number of nitrogens with zero attached hydrogens (tertiary/aromatic N) is 4. The van der Waals surface area contributed by atoms with E-state index in [1.807, 2.05) is 0 Å². The second-order valence-electron chi connectivity index (χ2n) is 1.12. The van der Waals surface area contributed by atoms with Gasteiger partial charge in [0, 0.05) is 5.18 Å². The van der Waals surface area contributed by atoms with Gasteiger partial charge in [-0.05, 0) is 6.72 Å². The van der Waals surface area contributed by atoms with Gasteiger partial charge in [-0.25, -0.2) is 4.99 Å². The molecule has 10 heavy (non-hydrogen) atoms. The Hall–Kier alpha value is -1.04. The van der Waals surface area contributed by atoms with E-state index in [4.69, 9.17) is 0 Å². The fraction of sp³-hybridized carbons (Fsp3) is 0.250. The van der Waals surface area contributed by atoms with E-state index in [-0.39, 0.29) is 11.8 Å². The number of thiol groups is 1. The minimum Gasteiger partial charge on any atom is -0.253 e. The summed E-state index contributed by atoms with van der Waals surface area (Å²) in [5, 5.41) is 2.48. The van der Waals surface area contributed by atoms with E-state index in [1.165, 1.54) is 0 Å². The summed E-state index contributed by atoms with van der Waals surface area (Å²) in [4.78, 5) is 20.0. The molecule has 0 saturated carbocycles. The number of hydrogen-bond donors (Lipinski definition) is 1. The van der Waals surface area contributed by atoms with Gasteiger partial charge in [-0.15, -0.1) is 4.91 Å². The highest BCUT2D eigenvalue weighted by Crippen LogP contribution is 1.84. The molecule has 0 aliphatic carbocycles. The zero-order valence-electron chi connectivity index (χ0n) is 5.14. The number of guanidine groups is 1. The van der Waals surface area contributed by atoms with Crippen molar-refractivity contribution >= 4 is 31.6 Å². The smallest absolute Gasteiger partial charge is 0.253 e. The van der Waals surface area contributed by atoms with Crippen molar-refractivity contribution in [1.29, 1.82) is 0 Å². The number of hydrogen-bond acceptors (Lipinski definition) is 3. The van der Waals surface area contributed by atoms with Gasteiger partial charge in [-0.1, -0.05) is 0 Å². The van der Waals surface area contributed by atoms with Gasteiger partial charge >= 0.3 is 0 Å². The van der Waals surface area contributed by atoms with Crippen LogP contribution in [0.2, 0.25) is 0 Å². The van der Waals surface area contributed by atoms with E-state index < -0.39 is 0 Å². The summed E-state index contributed by atoms with van der Waals surface area (Å²) < 4.78 is 0. The molecule has 0 atom stereocenters. The molecule has 5 nitrogen and oxygen atoms in total. The highest BCUT2D eigenvalue weighted by atomic mass is 32.1. The van der Waals surface area contributed by atoms with E-state index in [9.17, 15) is 4.91 Å². The van der Waals surface area contributed by atoms with Gasteiger partial charge in [0.2, 0.25) is 0 Å². The van der Waals surface area contributed by atoms with E-state index >= 15 is 0 Å². The topological polar surface area (TPSA) is 66.5 Å². The Kier molecular flexibility index (Phi) is 5.45. The number of nitroso groups, excluding NO2 is 1. The predicted octanol–water partition coefficient (Wildman–Crippen LogP) is 0.725. The quantitative estimate of drug-likeness (QED) is 0.273. The van der Waals surface area contributed by atoms with Crippen molar-refractivity contribution in [1.82, 2.24) is 0 Å². The summed E-state index contributed by atoms with van der Waals surface area (Å²) in [5.41, 5.74) is 0. The SMILES string of the molecule is C=N/C=N\C(N=O)=N/CS. The Morgan fingerprint density at radius 3 is 2.80 bits per heavy atom. The molecular formula is C4H6N4OS. The largest absolute Gasteiger partial charge is 0.288 e. The third-order valence-electron chi connectivity index (χ3n) is 0.549. The van der Waals surface area contributed by atoms with Crippen LogP contribution in [-0.4, -0.2) is 24.9 Å². The van der Waals surface area contributed by atoms with Gasteiger partial charge in [0.25, 0.3) is 5.96 Å². The third-order valence-corrected chi connectivity index (χ3v) is 0.690. The number of aliphatic imine (C=N–C) groups is 3. The summed E-state index contributed by atoms with van der Waals surface area (Å²) in [6.07, 6.45) is 1.09. The first-order valence-corrected chi connectivity index (χ1v) is 2.95. The van der Waals surface area contributed by atoms with Gasteiger partial charge in [-0.3, -0.25) is 4.99 Å². The maximum absolute atomic E-state index is 9.81. The van der Waals surface area contributed by atoms with Crippen LogP contribution in [0.3, 0.4) is 0 Å². The molecule has 0 spiro atoms. The second-order valence-corrected chi connectivity index (χ2v) is 1.40. The standard InChI is InChI=1S/C4H6N4OS/c1-5-2-6-4(8-9)7-3-10/h2,10H,1,3H2/b6-2-,7-4+. The van der Waals surface area contributed by atoms with Crippen LogP contribution in [0.5, 0.6) is 0 Å².